The van der Waals surface area contributed by atoms with Gasteiger partial charge in [-0.3, -0.25) is 0 Å². The van der Waals surface area contributed by atoms with E-state index in [1.165, 1.54) is 20.9 Å². The Balaban J connectivity index is 0.000000304. The van der Waals surface area contributed by atoms with Crippen molar-refractivity contribution in [3.05, 3.63) is 123 Å². The number of alkyl halides is 1. The number of hydrogen-bond acceptors (Lipinski definition) is 3. The van der Waals surface area contributed by atoms with Crippen molar-refractivity contribution in [1.82, 2.24) is 4.72 Å². The van der Waals surface area contributed by atoms with Crippen LogP contribution in [0.5, 0.6) is 0 Å². The number of sulfonamides is 1. The number of nitrogens with one attached hydrogen (secondary N) is 1. The van der Waals surface area contributed by atoms with Gasteiger partial charge in [0.15, 0.2) is 5.00 Å². The molecule has 0 unspecified atom stereocenters. The molecule has 0 amide bonds. The van der Waals surface area contributed by atoms with E-state index in [9.17, 15) is 8.42 Å². The van der Waals surface area contributed by atoms with E-state index < -0.39 is 21.1 Å². The second kappa shape index (κ2) is 12.0. The molecule has 3 N–H and O–H groups in total. The Morgan fingerprint density at radius 2 is 1.34 bits per heavy atom. The van der Waals surface area contributed by atoms with Crippen molar-refractivity contribution < 1.29 is 26.7 Å². The van der Waals surface area contributed by atoms with Crippen LogP contribution in [0.4, 0.5) is 0 Å². The maximum absolute atomic E-state index is 13.0. The third kappa shape index (κ3) is 6.38. The van der Waals surface area contributed by atoms with E-state index in [4.69, 9.17) is 17.3 Å². The van der Waals surface area contributed by atoms with E-state index in [-0.39, 0.29) is 10.3 Å². The third-order valence-electron chi connectivity index (χ3n) is 7.31. The van der Waals surface area contributed by atoms with E-state index >= 15 is 0 Å². The van der Waals surface area contributed by atoms with Crippen LogP contribution >= 0.6 is 11.6 Å². The fourth-order valence-corrected chi connectivity index (χ4v) is 6.84. The third-order valence-corrected chi connectivity index (χ3v) is 11.2. The molecule has 0 radical (unpaired) electrons. The molecule has 0 saturated carbocycles. The molecule has 3 aromatic rings. The molecule has 4 rings (SSSR count). The molecule has 7 heteroatoms. The first-order valence-electron chi connectivity index (χ1n) is 12.4. The van der Waals surface area contributed by atoms with E-state index in [0.717, 1.165) is 11.1 Å². The minimum atomic E-state index is -3.90. The van der Waals surface area contributed by atoms with Gasteiger partial charge in [-0.25, -0.2) is 8.42 Å². The van der Waals surface area contributed by atoms with Crippen molar-refractivity contribution in [1.29, 1.82) is 0 Å². The first-order valence-corrected chi connectivity index (χ1v) is 15.1. The summed E-state index contributed by atoms with van der Waals surface area (Å²) in [6.07, 6.45) is 0. The first kappa shape index (κ1) is 30.5. The molecular weight excluding hydrogens is 601 g/mol. The average molecular weight is 637 g/mol. The van der Waals surface area contributed by atoms with Crippen LogP contribution in [-0.2, 0) is 33.3 Å². The minimum absolute atomic E-state index is 0.134. The smallest absolute Gasteiger partial charge is 0.242 e. The van der Waals surface area contributed by atoms with Gasteiger partial charge in [0.25, 0.3) is 0 Å². The summed E-state index contributed by atoms with van der Waals surface area (Å²) < 4.78 is 30.1. The van der Waals surface area contributed by atoms with E-state index in [1.54, 1.807) is 48.5 Å². The molecule has 203 valence electrons. The topological polar surface area (TPSA) is 72.2 Å². The zero-order valence-electron chi connectivity index (χ0n) is 22.7. The number of hydrogen-bond donors (Lipinski definition) is 2. The number of allylic oxidation sites excluding steroid dienone is 4. The predicted molar refractivity (Wildman–Crippen MR) is 154 cm³/mol. The number of halogens is 1. The van der Waals surface area contributed by atoms with Crippen molar-refractivity contribution in [3.8, 4) is 0 Å². The van der Waals surface area contributed by atoms with Gasteiger partial charge in [-0.05, 0) is 30.2 Å². The Hall–Kier alpha value is -2.08. The molecule has 0 aromatic heterocycles. The van der Waals surface area contributed by atoms with Gasteiger partial charge in [0.05, 0.1) is 10.9 Å². The summed E-state index contributed by atoms with van der Waals surface area (Å²) in [5.41, 5.74) is 13.5. The molecule has 1 aliphatic rings. The van der Waals surface area contributed by atoms with Crippen LogP contribution in [-0.4, -0.2) is 8.42 Å². The molecule has 0 fully saturated rings. The van der Waals surface area contributed by atoms with Crippen molar-refractivity contribution in [2.45, 2.75) is 57.5 Å². The Kier molecular flexibility index (Phi) is 9.60. The Morgan fingerprint density at radius 3 is 1.76 bits per heavy atom. The SMILES string of the molecule is CC1=C(C)C(C)(C)[C]([Ru])=C1C.Cc1ccc(S(=O)(=O)N[C@](Cl)(c2ccccc2)[C@H](N)c2ccccc2)cc1. The van der Waals surface area contributed by atoms with Gasteiger partial charge in [-0.1, -0.05) is 90.0 Å². The summed E-state index contributed by atoms with van der Waals surface area (Å²) in [7, 11) is -3.90. The standard InChI is InChI=1S/C21H21ClN2O2S.C10H15.Ru/c1-16-12-14-19(15-13-16)27(25,26)24-21(22,18-10-6-3-7-11-18)20(23)17-8-4-2-5-9-17;1-7-6-10(4,5)9(3)8(7)2;/h2-15,20,24H,23H2,1H3;1-5H3;/t20-,21-;;/m1../s1. The molecule has 1 aliphatic carbocycles. The molecule has 3 aromatic carbocycles. The summed E-state index contributed by atoms with van der Waals surface area (Å²) >= 11 is 9.67. The van der Waals surface area contributed by atoms with Gasteiger partial charge in [0, 0.05) is 0 Å². The fourth-order valence-electron chi connectivity index (χ4n) is 4.38. The average Bonchev–Trinajstić information content (AvgIpc) is 3.04. The summed E-state index contributed by atoms with van der Waals surface area (Å²) in [5, 5.41) is 0. The van der Waals surface area contributed by atoms with E-state index in [2.05, 4.69) is 57.6 Å². The summed E-state index contributed by atoms with van der Waals surface area (Å²) in [6.45, 7) is 13.1. The normalized spacial score (nSPS) is 17.5. The molecule has 4 nitrogen and oxygen atoms in total. The number of aryl methyl sites for hydroxylation is 1. The van der Waals surface area contributed by atoms with Crippen LogP contribution < -0.4 is 10.5 Å². The van der Waals surface area contributed by atoms with Gasteiger partial charge < -0.3 is 5.73 Å². The van der Waals surface area contributed by atoms with Crippen molar-refractivity contribution in [2.75, 3.05) is 0 Å². The van der Waals surface area contributed by atoms with Crippen molar-refractivity contribution >= 4 is 21.6 Å². The quantitative estimate of drug-likeness (QED) is 0.170. The molecule has 0 bridgehead atoms. The second-order valence-corrected chi connectivity index (χ2v) is 13.3. The maximum Gasteiger partial charge on any atom is 0.242 e. The second-order valence-electron chi connectivity index (χ2n) is 10.2. The van der Waals surface area contributed by atoms with E-state index in [1.807, 2.05) is 43.3 Å². The molecule has 38 heavy (non-hydrogen) atoms. The van der Waals surface area contributed by atoms with Gasteiger partial charge in [-0.15, -0.1) is 0 Å². The number of nitrogens with two attached hydrogens (primary N) is 1. The van der Waals surface area contributed by atoms with Crippen LogP contribution in [0.3, 0.4) is 0 Å². The van der Waals surface area contributed by atoms with Crippen LogP contribution in [0.25, 0.3) is 0 Å². The Morgan fingerprint density at radius 1 is 0.842 bits per heavy atom. The van der Waals surface area contributed by atoms with Gasteiger partial charge in [0.2, 0.25) is 10.0 Å². The van der Waals surface area contributed by atoms with Crippen LogP contribution in [0.2, 0.25) is 0 Å². The fraction of sp³-hybridized carbons (Fsp3) is 0.290. The molecular formula is C31H36ClN2O2RuS. The van der Waals surface area contributed by atoms with Gasteiger partial charge in [-0.2, -0.15) is 4.72 Å². The predicted octanol–water partition coefficient (Wildman–Crippen LogP) is 7.25. The zero-order chi connectivity index (χ0) is 28.3. The molecule has 2 atom stereocenters. The molecule has 0 heterocycles. The molecule has 0 aliphatic heterocycles. The number of rotatable bonds is 6. The summed E-state index contributed by atoms with van der Waals surface area (Å²) in [5.74, 6) is 0. The van der Waals surface area contributed by atoms with E-state index in [0.29, 0.717) is 5.56 Å². The maximum atomic E-state index is 13.0. The summed E-state index contributed by atoms with van der Waals surface area (Å²) in [6, 6.07) is 23.9. The molecule has 0 saturated heterocycles. The number of benzene rings is 3. The van der Waals surface area contributed by atoms with Crippen molar-refractivity contribution in [2.24, 2.45) is 11.1 Å². The first-order chi connectivity index (χ1) is 17.7. The minimum Gasteiger partial charge on any atom is -0.321 e. The molecule has 0 spiro atoms. The Bertz CT molecular complexity index is 1410. The van der Waals surface area contributed by atoms with Crippen LogP contribution in [0.1, 0.15) is 57.4 Å². The van der Waals surface area contributed by atoms with Crippen LogP contribution in [0, 0.1) is 12.3 Å². The van der Waals surface area contributed by atoms with Crippen molar-refractivity contribution in [3.63, 3.8) is 0 Å². The zero-order valence-corrected chi connectivity index (χ0v) is 26.0. The van der Waals surface area contributed by atoms with Crippen LogP contribution in [0.15, 0.2) is 111 Å². The largest absolute Gasteiger partial charge is 0.321 e. The van der Waals surface area contributed by atoms with Gasteiger partial charge >= 0.3 is 79.2 Å². The monoisotopic (exact) mass is 637 g/mol. The summed E-state index contributed by atoms with van der Waals surface area (Å²) in [4.78, 5) is -1.42. The van der Waals surface area contributed by atoms with Gasteiger partial charge in [0.1, 0.15) is 0 Å². The Labute approximate surface area is 243 Å².